The Kier molecular flexibility index (Phi) is 8.26. The molecule has 5 heteroatoms. The summed E-state index contributed by atoms with van der Waals surface area (Å²) >= 11 is 0. The van der Waals surface area contributed by atoms with Crippen LogP contribution in [0.3, 0.4) is 0 Å². The van der Waals surface area contributed by atoms with Gasteiger partial charge in [-0.3, -0.25) is 4.79 Å². The molecule has 130 valence electrons. The van der Waals surface area contributed by atoms with E-state index in [0.29, 0.717) is 6.42 Å². The summed E-state index contributed by atoms with van der Waals surface area (Å²) in [5.41, 5.74) is 10.9. The van der Waals surface area contributed by atoms with Gasteiger partial charge < -0.3 is 11.1 Å². The van der Waals surface area contributed by atoms with E-state index in [9.17, 15) is 4.79 Å². The molecule has 2 aromatic rings. The maximum absolute atomic E-state index is 12.2. The molecule has 0 unspecified atom stereocenters. The molecule has 0 heterocycles. The minimum atomic E-state index is -0.478. The van der Waals surface area contributed by atoms with Crippen LogP contribution in [0.2, 0.25) is 0 Å². The Bertz CT molecular complexity index is 662. The summed E-state index contributed by atoms with van der Waals surface area (Å²) in [5, 5.41) is 2.94. The van der Waals surface area contributed by atoms with E-state index >= 15 is 0 Å². The fourth-order valence-electron chi connectivity index (χ4n) is 2.98. The molecule has 0 aromatic heterocycles. The van der Waals surface area contributed by atoms with E-state index in [1.54, 1.807) is 0 Å². The quantitative estimate of drug-likeness (QED) is 0.842. The Morgan fingerprint density at radius 3 is 2.50 bits per heavy atom. The van der Waals surface area contributed by atoms with Crippen LogP contribution in [0.1, 0.15) is 29.5 Å². The fraction of sp³-hybridized carbons (Fsp3) is 0.316. The van der Waals surface area contributed by atoms with Crippen molar-refractivity contribution in [3.63, 3.8) is 0 Å². The molecular weight excluding hydrogens is 343 g/mol. The highest BCUT2D eigenvalue weighted by Gasteiger charge is 2.15. The van der Waals surface area contributed by atoms with Crippen LogP contribution < -0.4 is 11.1 Å². The lowest BCUT2D eigenvalue weighted by Gasteiger charge is -2.13. The molecule has 1 aliphatic carbocycles. The van der Waals surface area contributed by atoms with Crippen molar-refractivity contribution < 1.29 is 4.79 Å². The number of carbonyl (C=O) groups excluding carboxylic acids is 1. The first-order valence-corrected chi connectivity index (χ1v) is 7.94. The smallest absolute Gasteiger partial charge is 0.241 e. The van der Waals surface area contributed by atoms with E-state index in [1.165, 1.54) is 23.1 Å². The fourth-order valence-corrected chi connectivity index (χ4v) is 2.98. The van der Waals surface area contributed by atoms with Crippen molar-refractivity contribution in [3.05, 3.63) is 65.2 Å². The summed E-state index contributed by atoms with van der Waals surface area (Å²) in [6.45, 7) is 0. The van der Waals surface area contributed by atoms with Gasteiger partial charge in [0.15, 0.2) is 0 Å². The number of aryl methyl sites for hydroxylation is 3. The molecule has 0 bridgehead atoms. The standard InChI is InChI=1S/C19H22N2O.2ClH/c20-18(12-9-14-5-2-1-3-6-14)19(22)21-17-11-10-15-7-4-8-16(15)13-17;;/h1-3,5-6,10-11,13,18H,4,7-9,12,20H2,(H,21,22);2*1H/t18-;;/m0../s1. The van der Waals surface area contributed by atoms with Gasteiger partial charge in [-0.2, -0.15) is 0 Å². The Hall–Kier alpha value is -1.55. The molecule has 0 radical (unpaired) electrons. The van der Waals surface area contributed by atoms with Crippen LogP contribution in [0.4, 0.5) is 5.69 Å². The number of carbonyl (C=O) groups is 1. The summed E-state index contributed by atoms with van der Waals surface area (Å²) in [7, 11) is 0. The highest BCUT2D eigenvalue weighted by atomic mass is 35.5. The van der Waals surface area contributed by atoms with Crippen LogP contribution in [0.15, 0.2) is 48.5 Å². The van der Waals surface area contributed by atoms with E-state index in [-0.39, 0.29) is 30.7 Å². The number of benzene rings is 2. The van der Waals surface area contributed by atoms with E-state index in [4.69, 9.17) is 5.73 Å². The van der Waals surface area contributed by atoms with Crippen molar-refractivity contribution in [2.45, 2.75) is 38.1 Å². The zero-order chi connectivity index (χ0) is 15.4. The highest BCUT2D eigenvalue weighted by Crippen LogP contribution is 2.24. The third kappa shape index (κ3) is 5.23. The topological polar surface area (TPSA) is 55.1 Å². The van der Waals surface area contributed by atoms with Crippen LogP contribution in [0, 0.1) is 0 Å². The minimum absolute atomic E-state index is 0. The Morgan fingerprint density at radius 2 is 1.75 bits per heavy atom. The van der Waals surface area contributed by atoms with Gasteiger partial charge in [-0.05, 0) is 60.9 Å². The third-order valence-corrected chi connectivity index (χ3v) is 4.29. The number of fused-ring (bicyclic) bond motifs is 1. The van der Waals surface area contributed by atoms with Crippen molar-refractivity contribution in [2.75, 3.05) is 5.32 Å². The predicted molar refractivity (Wildman–Crippen MR) is 104 cm³/mol. The number of amides is 1. The number of halogens is 2. The van der Waals surface area contributed by atoms with E-state index < -0.39 is 6.04 Å². The summed E-state index contributed by atoms with van der Waals surface area (Å²) in [6.07, 6.45) is 4.95. The van der Waals surface area contributed by atoms with E-state index in [0.717, 1.165) is 24.9 Å². The van der Waals surface area contributed by atoms with Crippen LogP contribution in [-0.4, -0.2) is 11.9 Å². The van der Waals surface area contributed by atoms with Gasteiger partial charge in [-0.1, -0.05) is 36.4 Å². The molecule has 1 amide bonds. The van der Waals surface area contributed by atoms with Crippen molar-refractivity contribution in [1.82, 2.24) is 0 Å². The molecule has 0 aliphatic heterocycles. The zero-order valence-electron chi connectivity index (χ0n) is 13.5. The van der Waals surface area contributed by atoms with Gasteiger partial charge in [0.2, 0.25) is 5.91 Å². The Labute approximate surface area is 155 Å². The molecule has 2 aromatic carbocycles. The first-order valence-electron chi connectivity index (χ1n) is 7.94. The molecule has 0 fully saturated rings. The average molecular weight is 367 g/mol. The van der Waals surface area contributed by atoms with Gasteiger partial charge >= 0.3 is 0 Å². The number of hydrogen-bond acceptors (Lipinski definition) is 2. The van der Waals surface area contributed by atoms with Crippen molar-refractivity contribution in [3.8, 4) is 0 Å². The minimum Gasteiger partial charge on any atom is -0.325 e. The first kappa shape index (κ1) is 20.5. The lowest BCUT2D eigenvalue weighted by Crippen LogP contribution is -2.36. The van der Waals surface area contributed by atoms with Crippen molar-refractivity contribution in [1.29, 1.82) is 0 Å². The average Bonchev–Trinajstić information content (AvgIpc) is 3.01. The zero-order valence-corrected chi connectivity index (χ0v) is 15.2. The first-order chi connectivity index (χ1) is 10.7. The van der Waals surface area contributed by atoms with Gasteiger partial charge in [0.1, 0.15) is 0 Å². The molecule has 3 nitrogen and oxygen atoms in total. The molecule has 0 spiro atoms. The second-order valence-electron chi connectivity index (χ2n) is 5.96. The second-order valence-corrected chi connectivity index (χ2v) is 5.96. The van der Waals surface area contributed by atoms with Gasteiger partial charge in [-0.25, -0.2) is 0 Å². The molecular formula is C19H24Cl2N2O. The highest BCUT2D eigenvalue weighted by molar-refractivity contribution is 5.94. The molecule has 3 rings (SSSR count). The molecule has 0 saturated carbocycles. The third-order valence-electron chi connectivity index (χ3n) is 4.29. The van der Waals surface area contributed by atoms with Crippen LogP contribution in [0.25, 0.3) is 0 Å². The summed E-state index contributed by atoms with van der Waals surface area (Å²) in [4.78, 5) is 12.2. The molecule has 0 saturated heterocycles. The summed E-state index contributed by atoms with van der Waals surface area (Å²) < 4.78 is 0. The van der Waals surface area contributed by atoms with Crippen LogP contribution in [0.5, 0.6) is 0 Å². The molecule has 1 atom stereocenters. The van der Waals surface area contributed by atoms with E-state index in [1.807, 2.05) is 24.3 Å². The Balaban J connectivity index is 0.00000144. The van der Waals surface area contributed by atoms with Gasteiger partial charge in [0.25, 0.3) is 0 Å². The van der Waals surface area contributed by atoms with Crippen molar-refractivity contribution >= 4 is 36.4 Å². The van der Waals surface area contributed by atoms with Gasteiger partial charge in [0, 0.05) is 5.69 Å². The second kappa shape index (κ2) is 9.67. The summed E-state index contributed by atoms with van der Waals surface area (Å²) in [5.74, 6) is -0.103. The molecule has 3 N–H and O–H groups in total. The van der Waals surface area contributed by atoms with Crippen LogP contribution >= 0.6 is 24.8 Å². The number of nitrogens with two attached hydrogens (primary N) is 1. The SMILES string of the molecule is Cl.Cl.N[C@@H](CCc1ccccc1)C(=O)Nc1ccc2c(c1)CCC2. The van der Waals surface area contributed by atoms with E-state index in [2.05, 4.69) is 29.6 Å². The number of rotatable bonds is 5. The molecule has 1 aliphatic rings. The van der Waals surface area contributed by atoms with Gasteiger partial charge in [0.05, 0.1) is 6.04 Å². The van der Waals surface area contributed by atoms with Crippen molar-refractivity contribution in [2.24, 2.45) is 5.73 Å². The maximum atomic E-state index is 12.2. The lowest BCUT2D eigenvalue weighted by atomic mass is 10.0. The number of nitrogens with one attached hydrogen (secondary N) is 1. The summed E-state index contributed by atoms with van der Waals surface area (Å²) in [6, 6.07) is 15.8. The molecule has 24 heavy (non-hydrogen) atoms. The number of hydrogen-bond donors (Lipinski definition) is 2. The lowest BCUT2D eigenvalue weighted by molar-refractivity contribution is -0.117. The predicted octanol–water partition coefficient (Wildman–Crippen LogP) is 3.92. The Morgan fingerprint density at radius 1 is 1.04 bits per heavy atom. The normalized spacial score (nSPS) is 13.2. The van der Waals surface area contributed by atoms with Crippen LogP contribution in [-0.2, 0) is 24.1 Å². The van der Waals surface area contributed by atoms with Gasteiger partial charge in [-0.15, -0.1) is 24.8 Å². The largest absolute Gasteiger partial charge is 0.325 e. The maximum Gasteiger partial charge on any atom is 0.241 e. The number of anilines is 1. The monoisotopic (exact) mass is 366 g/mol.